The summed E-state index contributed by atoms with van der Waals surface area (Å²) in [5.74, 6) is -0.135. The third-order valence-electron chi connectivity index (χ3n) is 9.58. The fourth-order valence-electron chi connectivity index (χ4n) is 7.16. The number of unbranched alkanes of at least 4 members (excludes halogenated alkanes) is 4. The highest BCUT2D eigenvalue weighted by molar-refractivity contribution is 6.24. The number of hydrogen-bond donors (Lipinski definition) is 5. The second-order valence-corrected chi connectivity index (χ2v) is 13.2. The quantitative estimate of drug-likeness (QED) is 0.121. The minimum Gasteiger partial charge on any atom is -0.384 e. The predicted molar refractivity (Wildman–Crippen MR) is 180 cm³/mol. The summed E-state index contributed by atoms with van der Waals surface area (Å²) in [6, 6.07) is 8.82. The van der Waals surface area contributed by atoms with Crippen LogP contribution in [0.1, 0.15) is 110 Å². The van der Waals surface area contributed by atoms with Gasteiger partial charge in [0.05, 0.1) is 23.4 Å². The minimum absolute atomic E-state index is 0.111. The summed E-state index contributed by atoms with van der Waals surface area (Å²) in [5.41, 5.74) is 3.13. The number of aryl methyl sites for hydroxylation is 1. The van der Waals surface area contributed by atoms with E-state index in [1.807, 2.05) is 10.6 Å². The Morgan fingerprint density at radius 2 is 1.83 bits per heavy atom. The molecule has 2 fully saturated rings. The molecule has 2 aliphatic heterocycles. The van der Waals surface area contributed by atoms with E-state index in [9.17, 15) is 24.3 Å². The van der Waals surface area contributed by atoms with Crippen LogP contribution in [-0.2, 0) is 16.0 Å². The maximum atomic E-state index is 13.3. The Kier molecular flexibility index (Phi) is 10.5. The lowest BCUT2D eigenvalue weighted by Crippen LogP contribution is -2.57. The standard InChI is InChI=1S/C35H46N8O5/c1-2-9-22-21-29(43-28(38-22)17-19-37-43)39-23-13-14-24(20-23)40-30(44)12-6-4-3-5-7-18-36-26-11-8-10-25-32(26)35(48)42(34(25)47)27-15-16-31(45)41-33(27)46/h8,10-11,17,19,21,23-24,27,33,36,39,46H,2-7,9,12-16,18,20H2,1H3,(H,40,44)(H,41,45)/t23-,24?,27?,33?/m1/s1. The van der Waals surface area contributed by atoms with E-state index < -0.39 is 24.1 Å². The highest BCUT2D eigenvalue weighted by Gasteiger charge is 2.45. The van der Waals surface area contributed by atoms with Crippen molar-refractivity contribution in [3.05, 3.63) is 53.3 Å². The summed E-state index contributed by atoms with van der Waals surface area (Å²) in [5, 5.41) is 27.3. The normalized spacial score (nSPS) is 22.2. The molecule has 13 nitrogen and oxygen atoms in total. The number of hydrogen-bond acceptors (Lipinski definition) is 9. The molecule has 3 aromatic rings. The molecule has 1 saturated heterocycles. The van der Waals surface area contributed by atoms with Gasteiger partial charge in [-0.05, 0) is 57.1 Å². The Morgan fingerprint density at radius 3 is 2.67 bits per heavy atom. The van der Waals surface area contributed by atoms with Gasteiger partial charge in [-0.1, -0.05) is 38.7 Å². The van der Waals surface area contributed by atoms with Crippen molar-refractivity contribution in [2.75, 3.05) is 17.2 Å². The first-order valence-corrected chi connectivity index (χ1v) is 17.4. The van der Waals surface area contributed by atoms with Gasteiger partial charge in [0.2, 0.25) is 11.8 Å². The molecule has 3 aliphatic rings. The minimum atomic E-state index is -1.28. The number of piperidine rings is 1. The molecule has 4 atom stereocenters. The van der Waals surface area contributed by atoms with E-state index in [0.29, 0.717) is 29.8 Å². The molecule has 1 aromatic carbocycles. The zero-order valence-electron chi connectivity index (χ0n) is 27.5. The van der Waals surface area contributed by atoms with Crippen molar-refractivity contribution in [3.63, 3.8) is 0 Å². The van der Waals surface area contributed by atoms with Gasteiger partial charge in [0.1, 0.15) is 12.0 Å². The number of aromatic nitrogens is 3. The number of carbonyl (C=O) groups is 4. The van der Waals surface area contributed by atoms with Crippen molar-refractivity contribution >= 4 is 40.8 Å². The van der Waals surface area contributed by atoms with E-state index >= 15 is 0 Å². The number of nitrogens with one attached hydrogen (secondary N) is 4. The van der Waals surface area contributed by atoms with Crippen LogP contribution in [0.3, 0.4) is 0 Å². The summed E-state index contributed by atoms with van der Waals surface area (Å²) in [6.45, 7) is 2.79. The lowest BCUT2D eigenvalue weighted by molar-refractivity contribution is -0.129. The van der Waals surface area contributed by atoms with Gasteiger partial charge in [0.25, 0.3) is 11.8 Å². The van der Waals surface area contributed by atoms with Crippen molar-refractivity contribution in [1.29, 1.82) is 0 Å². The first-order chi connectivity index (χ1) is 23.3. The Hall–Kier alpha value is -4.52. The van der Waals surface area contributed by atoms with Gasteiger partial charge in [-0.2, -0.15) is 9.61 Å². The second kappa shape index (κ2) is 15.1. The molecule has 4 amide bonds. The van der Waals surface area contributed by atoms with Gasteiger partial charge >= 0.3 is 0 Å². The molecule has 2 aromatic heterocycles. The van der Waals surface area contributed by atoms with E-state index in [1.54, 1.807) is 24.4 Å². The van der Waals surface area contributed by atoms with Crippen molar-refractivity contribution in [3.8, 4) is 0 Å². The van der Waals surface area contributed by atoms with Gasteiger partial charge in [-0.15, -0.1) is 0 Å². The Balaban J connectivity index is 0.869. The lowest BCUT2D eigenvalue weighted by atomic mass is 10.0. The number of benzene rings is 1. The first kappa shape index (κ1) is 33.4. The molecule has 5 N–H and O–H groups in total. The van der Waals surface area contributed by atoms with Gasteiger partial charge in [0, 0.05) is 55.0 Å². The van der Waals surface area contributed by atoms with Gasteiger partial charge < -0.3 is 26.4 Å². The van der Waals surface area contributed by atoms with Crippen LogP contribution in [0.25, 0.3) is 5.65 Å². The summed E-state index contributed by atoms with van der Waals surface area (Å²) in [7, 11) is 0. The van der Waals surface area contributed by atoms with Crippen molar-refractivity contribution < 1.29 is 24.3 Å². The predicted octanol–water partition coefficient (Wildman–Crippen LogP) is 3.78. The monoisotopic (exact) mass is 658 g/mol. The van der Waals surface area contributed by atoms with Crippen molar-refractivity contribution in [1.82, 2.24) is 30.1 Å². The number of nitrogens with zero attached hydrogens (tertiary/aromatic N) is 4. The van der Waals surface area contributed by atoms with Gasteiger partial charge in [-0.3, -0.25) is 24.1 Å². The van der Waals surface area contributed by atoms with Crippen LogP contribution in [-0.4, -0.2) is 79.1 Å². The number of amides is 4. The zero-order valence-corrected chi connectivity index (χ0v) is 27.5. The molecule has 1 saturated carbocycles. The van der Waals surface area contributed by atoms with Crippen LogP contribution in [0.5, 0.6) is 0 Å². The van der Waals surface area contributed by atoms with Crippen LogP contribution in [0.2, 0.25) is 0 Å². The molecule has 48 heavy (non-hydrogen) atoms. The third-order valence-corrected chi connectivity index (χ3v) is 9.58. The lowest BCUT2D eigenvalue weighted by Gasteiger charge is -2.33. The number of rotatable bonds is 15. The molecular weight excluding hydrogens is 612 g/mol. The van der Waals surface area contributed by atoms with E-state index in [4.69, 9.17) is 0 Å². The maximum absolute atomic E-state index is 13.3. The van der Waals surface area contributed by atoms with E-state index in [0.717, 1.165) is 86.3 Å². The summed E-state index contributed by atoms with van der Waals surface area (Å²) in [4.78, 5) is 56.4. The second-order valence-electron chi connectivity index (χ2n) is 13.2. The number of fused-ring (bicyclic) bond motifs is 2. The highest BCUT2D eigenvalue weighted by atomic mass is 16.3. The van der Waals surface area contributed by atoms with Crippen LogP contribution in [0.15, 0.2) is 36.5 Å². The smallest absolute Gasteiger partial charge is 0.264 e. The van der Waals surface area contributed by atoms with E-state index in [2.05, 4.69) is 44.3 Å². The van der Waals surface area contributed by atoms with Gasteiger partial charge in [0.15, 0.2) is 5.65 Å². The molecule has 13 heteroatoms. The topological polar surface area (TPSA) is 170 Å². The third kappa shape index (κ3) is 7.46. The summed E-state index contributed by atoms with van der Waals surface area (Å²) in [6.07, 6.45) is 10.8. The molecule has 0 radical (unpaired) electrons. The van der Waals surface area contributed by atoms with E-state index in [-0.39, 0.29) is 36.7 Å². The van der Waals surface area contributed by atoms with Gasteiger partial charge in [-0.25, -0.2) is 4.98 Å². The van der Waals surface area contributed by atoms with Crippen LogP contribution in [0.4, 0.5) is 11.5 Å². The highest BCUT2D eigenvalue weighted by Crippen LogP contribution is 2.33. The number of anilines is 2. The molecule has 256 valence electrons. The fourth-order valence-corrected chi connectivity index (χ4v) is 7.16. The van der Waals surface area contributed by atoms with Crippen molar-refractivity contribution in [2.24, 2.45) is 0 Å². The average Bonchev–Trinajstić information content (AvgIpc) is 3.78. The largest absolute Gasteiger partial charge is 0.384 e. The molecule has 3 unspecified atom stereocenters. The van der Waals surface area contributed by atoms with Crippen molar-refractivity contribution in [2.45, 2.75) is 115 Å². The SMILES string of the molecule is CCCc1cc(N[C@@H]2CCC(NC(=O)CCCCCCCNc3cccc4c3C(=O)N(C3CCC(=O)NC3O)C4=O)C2)n2nccc2n1. The Bertz CT molecular complexity index is 1660. The van der Waals surface area contributed by atoms with Crippen LogP contribution >= 0.6 is 0 Å². The molecule has 0 spiro atoms. The number of imide groups is 1. The van der Waals surface area contributed by atoms with Crippen LogP contribution < -0.4 is 21.3 Å². The molecule has 4 heterocycles. The number of aliphatic hydroxyl groups excluding tert-OH is 1. The van der Waals surface area contributed by atoms with E-state index in [1.165, 1.54) is 0 Å². The average molecular weight is 659 g/mol. The number of carbonyl (C=O) groups excluding carboxylic acids is 4. The summed E-state index contributed by atoms with van der Waals surface area (Å²) < 4.78 is 1.85. The molecule has 0 bridgehead atoms. The molecule has 6 rings (SSSR count). The maximum Gasteiger partial charge on any atom is 0.264 e. The zero-order chi connectivity index (χ0) is 33.6. The first-order valence-electron chi connectivity index (χ1n) is 17.4. The fraction of sp³-hybridized carbons (Fsp3) is 0.543. The van der Waals surface area contributed by atoms with Crippen LogP contribution in [0, 0.1) is 0 Å². The Morgan fingerprint density at radius 1 is 1.02 bits per heavy atom. The summed E-state index contributed by atoms with van der Waals surface area (Å²) >= 11 is 0. The molecular formula is C35H46N8O5. The molecule has 1 aliphatic carbocycles. The number of aliphatic hydroxyl groups is 1. The Labute approximate surface area is 280 Å².